The Morgan fingerprint density at radius 2 is 1.71 bits per heavy atom. The molecule has 14 heavy (non-hydrogen) atoms. The average molecular weight is 212 g/mol. The van der Waals surface area contributed by atoms with Crippen molar-refractivity contribution in [2.45, 2.75) is 37.2 Å². The second-order valence-corrected chi connectivity index (χ2v) is 4.14. The predicted octanol–water partition coefficient (Wildman–Crippen LogP) is 3.09. The van der Waals surface area contributed by atoms with E-state index in [1.165, 1.54) is 12.0 Å². The van der Waals surface area contributed by atoms with Gasteiger partial charge in [0.2, 0.25) is 0 Å². The van der Waals surface area contributed by atoms with Crippen LogP contribution in [0.25, 0.3) is 0 Å². The van der Waals surface area contributed by atoms with E-state index in [0.717, 1.165) is 29.8 Å². The quantitative estimate of drug-likeness (QED) is 0.703. The summed E-state index contributed by atoms with van der Waals surface area (Å²) in [6, 6.07) is 7.72. The highest BCUT2D eigenvalue weighted by atomic mass is 32.2. The van der Waals surface area contributed by atoms with Gasteiger partial charge in [0, 0.05) is 16.9 Å². The van der Waals surface area contributed by atoms with E-state index in [-0.39, 0.29) is 6.10 Å². The topological polar surface area (TPSA) is 40.5 Å². The van der Waals surface area contributed by atoms with Crippen LogP contribution < -0.4 is 0 Å². The monoisotopic (exact) mass is 212 g/mol. The zero-order chi connectivity index (χ0) is 10.4. The van der Waals surface area contributed by atoms with Gasteiger partial charge in [-0.3, -0.25) is 0 Å². The molecule has 0 aromatic heterocycles. The summed E-state index contributed by atoms with van der Waals surface area (Å²) < 4.78 is 8.55. The average Bonchev–Trinajstić information content (AvgIpc) is 2.17. The number of hydrogen-bond donors (Lipinski definition) is 2. The SMILES string of the molecule is Cc1ccc(SO)cc1.OC1CCC1. The molecule has 0 radical (unpaired) electrons. The number of aryl methyl sites for hydroxylation is 1. The zero-order valence-corrected chi connectivity index (χ0v) is 9.13. The molecular weight excluding hydrogens is 196 g/mol. The van der Waals surface area contributed by atoms with Crippen molar-refractivity contribution in [3.05, 3.63) is 29.8 Å². The Labute approximate surface area is 89.2 Å². The lowest BCUT2D eigenvalue weighted by atomic mass is 9.97. The van der Waals surface area contributed by atoms with Gasteiger partial charge in [0.15, 0.2) is 0 Å². The molecule has 3 heteroatoms. The van der Waals surface area contributed by atoms with Gasteiger partial charge >= 0.3 is 0 Å². The molecule has 78 valence electrons. The lowest BCUT2D eigenvalue weighted by Crippen LogP contribution is -2.15. The molecule has 0 unspecified atom stereocenters. The third kappa shape index (κ3) is 4.13. The fourth-order valence-corrected chi connectivity index (χ4v) is 1.24. The van der Waals surface area contributed by atoms with Crippen molar-refractivity contribution in [1.82, 2.24) is 0 Å². The maximum Gasteiger partial charge on any atom is 0.0540 e. The minimum atomic E-state index is 0.0648. The molecule has 0 heterocycles. The van der Waals surface area contributed by atoms with Crippen LogP contribution in [0.15, 0.2) is 29.2 Å². The van der Waals surface area contributed by atoms with Crippen LogP contribution in [0, 0.1) is 6.92 Å². The molecule has 1 aromatic rings. The fraction of sp³-hybridized carbons (Fsp3) is 0.455. The van der Waals surface area contributed by atoms with Crippen LogP contribution in [-0.2, 0) is 0 Å². The Balaban J connectivity index is 0.000000165. The summed E-state index contributed by atoms with van der Waals surface area (Å²) in [6.07, 6.45) is 3.39. The summed E-state index contributed by atoms with van der Waals surface area (Å²) in [6.45, 7) is 2.02. The normalized spacial score (nSPS) is 15.4. The largest absolute Gasteiger partial charge is 0.393 e. The molecule has 0 bridgehead atoms. The van der Waals surface area contributed by atoms with Crippen LogP contribution in [0.4, 0.5) is 0 Å². The van der Waals surface area contributed by atoms with Crippen LogP contribution in [-0.4, -0.2) is 15.8 Å². The van der Waals surface area contributed by atoms with Gasteiger partial charge in [0.05, 0.1) is 6.10 Å². The van der Waals surface area contributed by atoms with E-state index >= 15 is 0 Å². The van der Waals surface area contributed by atoms with E-state index in [0.29, 0.717) is 0 Å². The van der Waals surface area contributed by atoms with E-state index in [9.17, 15) is 0 Å². The Kier molecular flexibility index (Phi) is 5.01. The molecule has 1 aromatic carbocycles. The Bertz CT molecular complexity index is 254. The highest BCUT2D eigenvalue weighted by Gasteiger charge is 2.11. The molecule has 1 aliphatic carbocycles. The third-order valence-corrected chi connectivity index (χ3v) is 2.68. The first-order chi connectivity index (χ1) is 6.72. The predicted molar refractivity (Wildman–Crippen MR) is 59.5 cm³/mol. The minimum absolute atomic E-state index is 0.0648. The molecule has 0 spiro atoms. The Morgan fingerprint density at radius 3 is 2.00 bits per heavy atom. The van der Waals surface area contributed by atoms with Gasteiger partial charge in [0.25, 0.3) is 0 Å². The molecule has 2 rings (SSSR count). The Morgan fingerprint density at radius 1 is 1.21 bits per heavy atom. The number of rotatable bonds is 1. The second kappa shape index (κ2) is 6.06. The van der Waals surface area contributed by atoms with Gasteiger partial charge in [-0.2, -0.15) is 0 Å². The first kappa shape index (κ1) is 11.6. The highest BCUT2D eigenvalue weighted by Crippen LogP contribution is 2.16. The first-order valence-electron chi connectivity index (χ1n) is 4.78. The van der Waals surface area contributed by atoms with Crippen LogP contribution >= 0.6 is 12.0 Å². The van der Waals surface area contributed by atoms with Crippen LogP contribution in [0.3, 0.4) is 0 Å². The lowest BCUT2D eigenvalue weighted by Gasteiger charge is -2.17. The molecule has 2 N–H and O–H groups in total. The lowest BCUT2D eigenvalue weighted by molar-refractivity contribution is 0.0950. The number of aliphatic hydroxyl groups is 1. The van der Waals surface area contributed by atoms with Crippen molar-refractivity contribution < 1.29 is 9.66 Å². The molecule has 0 atom stereocenters. The van der Waals surface area contributed by atoms with E-state index in [1.54, 1.807) is 0 Å². The third-order valence-electron chi connectivity index (χ3n) is 2.20. The fourth-order valence-electron chi connectivity index (χ4n) is 0.986. The van der Waals surface area contributed by atoms with Gasteiger partial charge in [-0.1, -0.05) is 17.7 Å². The van der Waals surface area contributed by atoms with Crippen molar-refractivity contribution >= 4 is 12.0 Å². The van der Waals surface area contributed by atoms with Gasteiger partial charge in [0.1, 0.15) is 0 Å². The smallest absolute Gasteiger partial charge is 0.0540 e. The molecule has 2 nitrogen and oxygen atoms in total. The molecular formula is C11H16O2S. The van der Waals surface area contributed by atoms with E-state index in [4.69, 9.17) is 9.66 Å². The molecule has 1 aliphatic rings. The number of hydrogen-bond acceptors (Lipinski definition) is 3. The van der Waals surface area contributed by atoms with Gasteiger partial charge in [-0.05, 0) is 38.3 Å². The minimum Gasteiger partial charge on any atom is -0.393 e. The van der Waals surface area contributed by atoms with E-state index < -0.39 is 0 Å². The van der Waals surface area contributed by atoms with Crippen molar-refractivity contribution in [3.8, 4) is 0 Å². The zero-order valence-electron chi connectivity index (χ0n) is 8.31. The van der Waals surface area contributed by atoms with Crippen molar-refractivity contribution in [2.24, 2.45) is 0 Å². The summed E-state index contributed by atoms with van der Waals surface area (Å²) in [5.74, 6) is 0. The standard InChI is InChI=1S/C7H8OS.C4H8O/c1-6-2-4-7(9-8)5-3-6;5-4-2-1-3-4/h2-5,8H,1H3;4-5H,1-3H2. The van der Waals surface area contributed by atoms with Crippen LogP contribution in [0.5, 0.6) is 0 Å². The maximum atomic E-state index is 8.55. The van der Waals surface area contributed by atoms with E-state index in [2.05, 4.69) is 0 Å². The molecule has 0 saturated heterocycles. The summed E-state index contributed by atoms with van der Waals surface area (Å²) in [5.41, 5.74) is 1.22. The van der Waals surface area contributed by atoms with Crippen LogP contribution in [0.1, 0.15) is 24.8 Å². The van der Waals surface area contributed by atoms with Crippen molar-refractivity contribution in [2.75, 3.05) is 0 Å². The van der Waals surface area contributed by atoms with Crippen molar-refractivity contribution in [3.63, 3.8) is 0 Å². The summed E-state index contributed by atoms with van der Waals surface area (Å²) in [4.78, 5) is 0.889. The number of aliphatic hydroxyl groups excluding tert-OH is 1. The molecule has 0 aliphatic heterocycles. The molecule has 1 fully saturated rings. The molecule has 1 saturated carbocycles. The summed E-state index contributed by atoms with van der Waals surface area (Å²) in [5, 5.41) is 8.45. The number of benzene rings is 1. The summed E-state index contributed by atoms with van der Waals surface area (Å²) >= 11 is 0.777. The van der Waals surface area contributed by atoms with Gasteiger partial charge < -0.3 is 9.66 Å². The highest BCUT2D eigenvalue weighted by molar-refractivity contribution is 7.93. The first-order valence-corrected chi connectivity index (χ1v) is 5.56. The van der Waals surface area contributed by atoms with Crippen molar-refractivity contribution in [1.29, 1.82) is 0 Å². The summed E-state index contributed by atoms with van der Waals surface area (Å²) in [7, 11) is 0. The van der Waals surface area contributed by atoms with Gasteiger partial charge in [-0.15, -0.1) is 0 Å². The van der Waals surface area contributed by atoms with Crippen LogP contribution in [0.2, 0.25) is 0 Å². The van der Waals surface area contributed by atoms with Gasteiger partial charge in [-0.25, -0.2) is 0 Å². The Hall–Kier alpha value is -0.510. The maximum absolute atomic E-state index is 8.55. The van der Waals surface area contributed by atoms with E-state index in [1.807, 2.05) is 31.2 Å². The second-order valence-electron chi connectivity index (χ2n) is 3.49. The molecule has 0 amide bonds.